The van der Waals surface area contributed by atoms with Crippen LogP contribution < -0.4 is 0 Å². The summed E-state index contributed by atoms with van der Waals surface area (Å²) >= 11 is 0. The van der Waals surface area contributed by atoms with Crippen LogP contribution in [0.2, 0.25) is 0 Å². The Labute approximate surface area is 129 Å². The van der Waals surface area contributed by atoms with Gasteiger partial charge < -0.3 is 9.51 Å². The van der Waals surface area contributed by atoms with Crippen molar-refractivity contribution >= 4 is 11.5 Å². The summed E-state index contributed by atoms with van der Waals surface area (Å²) < 4.78 is 29.6. The molecular formula is C17H10F2N2O2. The number of nitriles is 1. The molecule has 0 unspecified atom stereocenters. The predicted octanol–water partition coefficient (Wildman–Crippen LogP) is 3.76. The molecule has 4 nitrogen and oxygen atoms in total. The lowest BCUT2D eigenvalue weighted by molar-refractivity contribution is 0.0692. The number of rotatable bonds is 2. The van der Waals surface area contributed by atoms with Gasteiger partial charge in [0.25, 0.3) is 0 Å². The molecule has 0 spiro atoms. The van der Waals surface area contributed by atoms with Crippen LogP contribution >= 0.6 is 0 Å². The summed E-state index contributed by atoms with van der Waals surface area (Å²) in [6.45, 7) is 1.59. The first-order valence-electron chi connectivity index (χ1n) is 6.67. The number of carbonyl (C=O) groups is 1. The van der Waals surface area contributed by atoms with E-state index in [1.54, 1.807) is 19.2 Å². The summed E-state index contributed by atoms with van der Waals surface area (Å²) in [6, 6.07) is 8.55. The van der Waals surface area contributed by atoms with Crippen LogP contribution in [0.15, 0.2) is 36.5 Å². The van der Waals surface area contributed by atoms with Crippen LogP contribution in [0.4, 0.5) is 8.78 Å². The number of fused-ring (bicyclic) bond motifs is 1. The molecule has 2 heterocycles. The number of halogens is 2. The largest absolute Gasteiger partial charge is 0.478 e. The van der Waals surface area contributed by atoms with Crippen LogP contribution in [-0.4, -0.2) is 15.5 Å². The van der Waals surface area contributed by atoms with Crippen molar-refractivity contribution in [3.63, 3.8) is 0 Å². The van der Waals surface area contributed by atoms with Crippen molar-refractivity contribution < 1.29 is 18.7 Å². The van der Waals surface area contributed by atoms with E-state index in [1.807, 2.05) is 6.07 Å². The molecule has 114 valence electrons. The molecule has 1 aromatic carbocycles. The fraction of sp³-hybridized carbons (Fsp3) is 0.0588. The average Bonchev–Trinajstić information content (AvgIpc) is 2.89. The molecule has 3 rings (SSSR count). The van der Waals surface area contributed by atoms with Crippen molar-refractivity contribution in [2.75, 3.05) is 0 Å². The minimum Gasteiger partial charge on any atom is -0.478 e. The highest BCUT2D eigenvalue weighted by atomic mass is 19.1. The van der Waals surface area contributed by atoms with Gasteiger partial charge in [0.2, 0.25) is 0 Å². The van der Waals surface area contributed by atoms with Crippen LogP contribution in [0, 0.1) is 29.9 Å². The molecule has 6 heteroatoms. The zero-order valence-electron chi connectivity index (χ0n) is 12.0. The number of carboxylic acid groups (broad SMARTS) is 1. The van der Waals surface area contributed by atoms with Crippen molar-refractivity contribution in [3.8, 4) is 17.3 Å². The van der Waals surface area contributed by atoms with Crippen molar-refractivity contribution in [3.05, 3.63) is 64.9 Å². The average molecular weight is 312 g/mol. The van der Waals surface area contributed by atoms with Crippen molar-refractivity contribution in [2.24, 2.45) is 0 Å². The van der Waals surface area contributed by atoms with Crippen LogP contribution in [0.25, 0.3) is 16.8 Å². The highest BCUT2D eigenvalue weighted by Gasteiger charge is 2.17. The van der Waals surface area contributed by atoms with Gasteiger partial charge in [-0.2, -0.15) is 5.26 Å². The Morgan fingerprint density at radius 2 is 2.00 bits per heavy atom. The van der Waals surface area contributed by atoms with E-state index in [9.17, 15) is 18.8 Å². The molecule has 0 aliphatic carbocycles. The van der Waals surface area contributed by atoms with Crippen molar-refractivity contribution in [1.29, 1.82) is 5.26 Å². The number of hydrogen-bond donors (Lipinski definition) is 1. The Balaban J connectivity index is 2.30. The number of hydrogen-bond acceptors (Lipinski definition) is 2. The molecule has 3 aromatic rings. The Kier molecular flexibility index (Phi) is 3.34. The Morgan fingerprint density at radius 1 is 1.26 bits per heavy atom. The molecule has 0 bridgehead atoms. The van der Waals surface area contributed by atoms with Crippen molar-refractivity contribution in [1.82, 2.24) is 4.40 Å². The topological polar surface area (TPSA) is 65.5 Å². The molecule has 0 radical (unpaired) electrons. The third kappa shape index (κ3) is 2.23. The second kappa shape index (κ2) is 5.21. The zero-order valence-corrected chi connectivity index (χ0v) is 12.0. The molecule has 2 aromatic heterocycles. The fourth-order valence-electron chi connectivity index (χ4n) is 2.51. The number of benzene rings is 1. The number of nitrogens with zero attached hydrogens (tertiary/aromatic N) is 2. The lowest BCUT2D eigenvalue weighted by Gasteiger charge is -2.06. The van der Waals surface area contributed by atoms with Gasteiger partial charge in [-0.3, -0.25) is 0 Å². The number of aromatic nitrogens is 1. The molecule has 0 atom stereocenters. The van der Waals surface area contributed by atoms with Gasteiger partial charge in [0, 0.05) is 11.8 Å². The summed E-state index contributed by atoms with van der Waals surface area (Å²) in [6.07, 6.45) is 1.59. The van der Waals surface area contributed by atoms with E-state index in [2.05, 4.69) is 0 Å². The highest BCUT2D eigenvalue weighted by molar-refractivity contribution is 5.89. The molecule has 0 saturated heterocycles. The minimum atomic E-state index is -1.37. The Hall–Kier alpha value is -3.20. The van der Waals surface area contributed by atoms with Gasteiger partial charge in [-0.25, -0.2) is 13.6 Å². The third-order valence-electron chi connectivity index (χ3n) is 3.68. The quantitative estimate of drug-likeness (QED) is 0.783. The summed E-state index contributed by atoms with van der Waals surface area (Å²) in [5.41, 5.74) is 0.955. The second-order valence-electron chi connectivity index (χ2n) is 5.09. The van der Waals surface area contributed by atoms with E-state index in [4.69, 9.17) is 5.11 Å². The molecule has 0 fully saturated rings. The van der Waals surface area contributed by atoms with Crippen LogP contribution in [0.5, 0.6) is 0 Å². The van der Waals surface area contributed by atoms with E-state index in [0.717, 1.165) is 12.1 Å². The highest BCUT2D eigenvalue weighted by Crippen LogP contribution is 2.29. The number of pyridine rings is 1. The first kappa shape index (κ1) is 14.7. The number of carboxylic acids is 1. The van der Waals surface area contributed by atoms with E-state index in [-0.39, 0.29) is 11.1 Å². The normalized spacial score (nSPS) is 10.7. The monoisotopic (exact) mass is 312 g/mol. The van der Waals surface area contributed by atoms with E-state index < -0.39 is 23.2 Å². The summed E-state index contributed by atoms with van der Waals surface area (Å²) in [7, 11) is 0. The first-order valence-corrected chi connectivity index (χ1v) is 6.67. The van der Waals surface area contributed by atoms with Gasteiger partial charge >= 0.3 is 5.97 Å². The lowest BCUT2D eigenvalue weighted by atomic mass is 10.1. The second-order valence-corrected chi connectivity index (χ2v) is 5.09. The maximum atomic E-state index is 14.3. The maximum Gasteiger partial charge on any atom is 0.338 e. The fourth-order valence-corrected chi connectivity index (χ4v) is 2.51. The maximum absolute atomic E-state index is 14.3. The van der Waals surface area contributed by atoms with Crippen molar-refractivity contribution in [2.45, 2.75) is 6.92 Å². The third-order valence-corrected chi connectivity index (χ3v) is 3.68. The lowest BCUT2D eigenvalue weighted by Crippen LogP contribution is -2.00. The Bertz CT molecular complexity index is 1000. The smallest absolute Gasteiger partial charge is 0.338 e. The van der Waals surface area contributed by atoms with E-state index >= 15 is 0 Å². The molecule has 0 amide bonds. The standard InChI is InChI=1S/C17H10F2N2O2/c1-9-4-5-21-14(7-11(8-20)16(21)15(9)19)10-2-3-12(17(22)23)13(18)6-10/h2-7H,1H3,(H,22,23). The zero-order chi connectivity index (χ0) is 16.7. The van der Waals surface area contributed by atoms with E-state index in [1.165, 1.54) is 16.5 Å². The SMILES string of the molecule is Cc1ccn2c(-c3ccc(C(=O)O)c(F)c3)cc(C#N)c2c1F. The van der Waals surface area contributed by atoms with Crippen LogP contribution in [-0.2, 0) is 0 Å². The molecule has 1 N–H and O–H groups in total. The van der Waals surface area contributed by atoms with Gasteiger partial charge in [-0.05, 0) is 36.8 Å². The van der Waals surface area contributed by atoms with E-state index in [0.29, 0.717) is 16.8 Å². The van der Waals surface area contributed by atoms with Gasteiger partial charge in [-0.15, -0.1) is 0 Å². The first-order chi connectivity index (χ1) is 10.9. The molecule has 0 aliphatic rings. The molecule has 0 saturated carbocycles. The van der Waals surface area contributed by atoms with Crippen LogP contribution in [0.1, 0.15) is 21.5 Å². The molecule has 23 heavy (non-hydrogen) atoms. The minimum absolute atomic E-state index is 0.116. The summed E-state index contributed by atoms with van der Waals surface area (Å²) in [5.74, 6) is -2.78. The number of aromatic carboxylic acids is 1. The molecular weight excluding hydrogens is 302 g/mol. The summed E-state index contributed by atoms with van der Waals surface area (Å²) in [4.78, 5) is 10.9. The number of aryl methyl sites for hydroxylation is 1. The predicted molar refractivity (Wildman–Crippen MR) is 79.2 cm³/mol. The van der Waals surface area contributed by atoms with Gasteiger partial charge in [0.1, 0.15) is 11.9 Å². The van der Waals surface area contributed by atoms with Gasteiger partial charge in [-0.1, -0.05) is 6.07 Å². The Morgan fingerprint density at radius 3 is 2.61 bits per heavy atom. The summed E-state index contributed by atoms with van der Waals surface area (Å²) in [5, 5.41) is 18.1. The van der Waals surface area contributed by atoms with Crippen LogP contribution in [0.3, 0.4) is 0 Å². The molecule has 0 aliphatic heterocycles. The van der Waals surface area contributed by atoms with Gasteiger partial charge in [0.05, 0.1) is 22.3 Å². The van der Waals surface area contributed by atoms with Gasteiger partial charge in [0.15, 0.2) is 5.82 Å².